The van der Waals surface area contributed by atoms with E-state index in [9.17, 15) is 4.79 Å². The number of morpholine rings is 2. The molecule has 3 aliphatic rings. The molecule has 3 aliphatic heterocycles. The second-order valence-corrected chi connectivity index (χ2v) is 10.5. The van der Waals surface area contributed by atoms with Crippen molar-refractivity contribution in [3.63, 3.8) is 0 Å². The summed E-state index contributed by atoms with van der Waals surface area (Å²) in [5, 5.41) is 0.651. The SMILES string of the molecule is O=C(CC1(COc2ccc(Cl)cc2)CN(Cc2cnc(N3CCCCC3)nc2)CCO1)N1CCOCC1. The van der Waals surface area contributed by atoms with E-state index < -0.39 is 5.60 Å². The van der Waals surface area contributed by atoms with E-state index in [1.165, 1.54) is 19.3 Å². The number of benzene rings is 1. The van der Waals surface area contributed by atoms with E-state index in [1.54, 1.807) is 12.1 Å². The molecular formula is C27H36ClN5O4. The van der Waals surface area contributed by atoms with Crippen molar-refractivity contribution >= 4 is 23.5 Å². The Bertz CT molecular complexity index is 1010. The lowest BCUT2D eigenvalue weighted by molar-refractivity contribution is -0.159. The quantitative estimate of drug-likeness (QED) is 0.516. The van der Waals surface area contributed by atoms with Crippen molar-refractivity contribution in [3.05, 3.63) is 47.2 Å². The summed E-state index contributed by atoms with van der Waals surface area (Å²) in [5.41, 5.74) is 0.289. The lowest BCUT2D eigenvalue weighted by Crippen LogP contribution is -2.57. The van der Waals surface area contributed by atoms with Gasteiger partial charge in [-0.05, 0) is 43.5 Å². The number of hydrogen-bond acceptors (Lipinski definition) is 8. The van der Waals surface area contributed by atoms with Crippen LogP contribution in [0.2, 0.25) is 5.02 Å². The van der Waals surface area contributed by atoms with Crippen LogP contribution in [0.5, 0.6) is 5.75 Å². The fourth-order valence-corrected chi connectivity index (χ4v) is 5.32. The monoisotopic (exact) mass is 529 g/mol. The largest absolute Gasteiger partial charge is 0.491 e. The van der Waals surface area contributed by atoms with E-state index in [1.807, 2.05) is 29.4 Å². The lowest BCUT2D eigenvalue weighted by atomic mass is 9.96. The number of carbonyl (C=O) groups is 1. The summed E-state index contributed by atoms with van der Waals surface area (Å²) < 4.78 is 17.9. The van der Waals surface area contributed by atoms with Crippen LogP contribution in [0.3, 0.4) is 0 Å². The number of ether oxygens (including phenoxy) is 3. The molecule has 1 aromatic heterocycles. The molecule has 4 heterocycles. The van der Waals surface area contributed by atoms with Crippen molar-refractivity contribution in [1.29, 1.82) is 0 Å². The van der Waals surface area contributed by atoms with Crippen molar-refractivity contribution in [2.45, 2.75) is 37.8 Å². The van der Waals surface area contributed by atoms with Crippen LogP contribution in [0, 0.1) is 0 Å². The van der Waals surface area contributed by atoms with E-state index in [2.05, 4.69) is 19.8 Å². The Hall–Kier alpha value is -2.46. The Morgan fingerprint density at radius 3 is 2.43 bits per heavy atom. The fourth-order valence-electron chi connectivity index (χ4n) is 5.19. The number of piperidine rings is 1. The van der Waals surface area contributed by atoms with Gasteiger partial charge in [0, 0.05) is 68.8 Å². The predicted molar refractivity (Wildman–Crippen MR) is 141 cm³/mol. The van der Waals surface area contributed by atoms with Gasteiger partial charge < -0.3 is 24.0 Å². The maximum absolute atomic E-state index is 13.3. The highest BCUT2D eigenvalue weighted by atomic mass is 35.5. The first-order chi connectivity index (χ1) is 18.1. The van der Waals surface area contributed by atoms with Crippen LogP contribution >= 0.6 is 11.6 Å². The highest BCUT2D eigenvalue weighted by Crippen LogP contribution is 2.27. The maximum atomic E-state index is 13.3. The number of nitrogens with zero attached hydrogens (tertiary/aromatic N) is 5. The van der Waals surface area contributed by atoms with Gasteiger partial charge in [-0.3, -0.25) is 9.69 Å². The van der Waals surface area contributed by atoms with Crippen LogP contribution in [0.25, 0.3) is 0 Å². The predicted octanol–water partition coefficient (Wildman–Crippen LogP) is 3.02. The Kier molecular flexibility index (Phi) is 8.76. The van der Waals surface area contributed by atoms with Crippen LogP contribution in [-0.4, -0.2) is 97.0 Å². The minimum Gasteiger partial charge on any atom is -0.491 e. The summed E-state index contributed by atoms with van der Waals surface area (Å²) in [6, 6.07) is 7.26. The number of carbonyl (C=O) groups excluding carboxylic acids is 1. The van der Waals surface area contributed by atoms with Gasteiger partial charge in [0.2, 0.25) is 11.9 Å². The third kappa shape index (κ3) is 7.10. The van der Waals surface area contributed by atoms with Gasteiger partial charge in [-0.15, -0.1) is 0 Å². The zero-order valence-corrected chi connectivity index (χ0v) is 22.1. The molecule has 1 amide bonds. The molecule has 1 aromatic carbocycles. The first kappa shape index (κ1) is 26.2. The van der Waals surface area contributed by atoms with Crippen LogP contribution in [0.15, 0.2) is 36.7 Å². The average Bonchev–Trinajstić information content (AvgIpc) is 2.94. The van der Waals surface area contributed by atoms with Crippen LogP contribution in [-0.2, 0) is 20.8 Å². The summed E-state index contributed by atoms with van der Waals surface area (Å²) in [6.45, 7) is 7.23. The van der Waals surface area contributed by atoms with E-state index in [4.69, 9.17) is 25.8 Å². The summed E-state index contributed by atoms with van der Waals surface area (Å²) >= 11 is 6.03. The molecule has 0 radical (unpaired) electrons. The number of aromatic nitrogens is 2. The molecule has 10 heteroatoms. The molecule has 3 saturated heterocycles. The van der Waals surface area contributed by atoms with E-state index >= 15 is 0 Å². The standard InChI is InChI=1S/C27H36ClN5O4/c28-23-4-6-24(7-5-23)36-21-27(16-25(34)32-11-13-35-14-12-32)20-31(10-15-37-27)19-22-17-29-26(30-18-22)33-8-2-1-3-9-33/h4-7,17-18H,1-3,8-16,19-21H2. The molecule has 0 saturated carbocycles. The molecule has 0 aliphatic carbocycles. The Morgan fingerprint density at radius 1 is 0.973 bits per heavy atom. The molecule has 5 rings (SSSR count). The van der Waals surface area contributed by atoms with Crippen molar-refractivity contribution in [3.8, 4) is 5.75 Å². The summed E-state index contributed by atoms with van der Waals surface area (Å²) in [5.74, 6) is 1.58. The van der Waals surface area contributed by atoms with Gasteiger partial charge in [-0.1, -0.05) is 11.6 Å². The fraction of sp³-hybridized carbons (Fsp3) is 0.593. The van der Waals surface area contributed by atoms with Gasteiger partial charge in [0.25, 0.3) is 0 Å². The number of amides is 1. The van der Waals surface area contributed by atoms with Gasteiger partial charge in [0.05, 0.1) is 26.2 Å². The van der Waals surface area contributed by atoms with E-state index in [-0.39, 0.29) is 18.9 Å². The molecular weight excluding hydrogens is 494 g/mol. The molecule has 9 nitrogen and oxygen atoms in total. The van der Waals surface area contributed by atoms with Gasteiger partial charge >= 0.3 is 0 Å². The van der Waals surface area contributed by atoms with Crippen molar-refractivity contribution in [1.82, 2.24) is 19.8 Å². The summed E-state index contributed by atoms with van der Waals surface area (Å²) in [6.07, 6.45) is 7.78. The minimum absolute atomic E-state index is 0.0686. The molecule has 200 valence electrons. The van der Waals surface area contributed by atoms with Gasteiger partial charge in [-0.25, -0.2) is 9.97 Å². The third-order valence-electron chi connectivity index (χ3n) is 7.22. The lowest BCUT2D eigenvalue weighted by Gasteiger charge is -2.43. The zero-order chi connectivity index (χ0) is 25.5. The third-order valence-corrected chi connectivity index (χ3v) is 7.47. The average molecular weight is 530 g/mol. The molecule has 0 spiro atoms. The number of hydrogen-bond donors (Lipinski definition) is 0. The van der Waals surface area contributed by atoms with Crippen LogP contribution < -0.4 is 9.64 Å². The molecule has 1 unspecified atom stereocenters. The second-order valence-electron chi connectivity index (χ2n) is 10.1. The Morgan fingerprint density at radius 2 is 1.70 bits per heavy atom. The molecule has 0 N–H and O–H groups in total. The molecule has 1 atom stereocenters. The van der Waals surface area contributed by atoms with E-state index in [0.717, 1.165) is 31.1 Å². The smallest absolute Gasteiger partial charge is 0.225 e. The van der Waals surface area contributed by atoms with Crippen molar-refractivity contribution in [2.24, 2.45) is 0 Å². The summed E-state index contributed by atoms with van der Waals surface area (Å²) in [4.78, 5) is 29.0. The first-order valence-corrected chi connectivity index (χ1v) is 13.6. The highest BCUT2D eigenvalue weighted by Gasteiger charge is 2.41. The van der Waals surface area contributed by atoms with Gasteiger partial charge in [0.15, 0.2) is 0 Å². The van der Waals surface area contributed by atoms with Crippen LogP contribution in [0.1, 0.15) is 31.2 Å². The maximum Gasteiger partial charge on any atom is 0.225 e. The first-order valence-electron chi connectivity index (χ1n) is 13.2. The number of rotatable bonds is 8. The normalized spacial score (nSPS) is 23.2. The molecule has 0 bridgehead atoms. The Balaban J connectivity index is 1.26. The number of anilines is 1. The summed E-state index contributed by atoms with van der Waals surface area (Å²) in [7, 11) is 0. The minimum atomic E-state index is -0.762. The molecule has 2 aromatic rings. The van der Waals surface area contributed by atoms with Crippen LogP contribution in [0.4, 0.5) is 5.95 Å². The number of halogens is 1. The van der Waals surface area contributed by atoms with Crippen molar-refractivity contribution in [2.75, 3.05) is 70.6 Å². The highest BCUT2D eigenvalue weighted by molar-refractivity contribution is 6.30. The Labute approximate surface area is 223 Å². The molecule has 37 heavy (non-hydrogen) atoms. The van der Waals surface area contributed by atoms with Crippen molar-refractivity contribution < 1.29 is 19.0 Å². The molecule has 3 fully saturated rings. The van der Waals surface area contributed by atoms with Gasteiger partial charge in [-0.2, -0.15) is 0 Å². The second kappa shape index (κ2) is 12.4. The topological polar surface area (TPSA) is 80.3 Å². The zero-order valence-electron chi connectivity index (χ0n) is 21.3. The van der Waals surface area contributed by atoms with Gasteiger partial charge in [0.1, 0.15) is 18.0 Å². The van der Waals surface area contributed by atoms with E-state index in [0.29, 0.717) is 56.8 Å².